The highest BCUT2D eigenvalue weighted by atomic mass is 79.9. The minimum Gasteiger partial charge on any atom is -0.454 e. The monoisotopic (exact) mass is 489 g/mol. The Bertz CT molecular complexity index is 1550. The van der Waals surface area contributed by atoms with Gasteiger partial charge in [0, 0.05) is 26.6 Å². The van der Waals surface area contributed by atoms with Crippen LogP contribution in [0, 0.1) is 0 Å². The number of hydrogen-bond donors (Lipinski definition) is 0. The number of furan rings is 1. The lowest BCUT2D eigenvalue weighted by Crippen LogP contribution is -2.10. The zero-order chi connectivity index (χ0) is 22.2. The second-order valence-electron chi connectivity index (χ2n) is 7.98. The van der Waals surface area contributed by atoms with Crippen molar-refractivity contribution in [3.63, 3.8) is 0 Å². The van der Waals surface area contributed by atoms with Crippen molar-refractivity contribution in [3.8, 4) is 11.1 Å². The first-order valence-electron chi connectivity index (χ1n) is 10.9. The maximum Gasteiger partial charge on any atom is 0.159 e. The van der Waals surface area contributed by atoms with E-state index in [2.05, 4.69) is 124 Å². The summed E-state index contributed by atoms with van der Waals surface area (Å²) in [6.07, 6.45) is 0. The van der Waals surface area contributed by atoms with E-state index in [4.69, 9.17) is 4.42 Å². The lowest BCUT2D eigenvalue weighted by Gasteiger charge is -2.25. The second-order valence-corrected chi connectivity index (χ2v) is 8.90. The Morgan fingerprint density at radius 2 is 1.21 bits per heavy atom. The number of rotatable bonds is 4. The molecule has 6 rings (SSSR count). The van der Waals surface area contributed by atoms with Crippen molar-refractivity contribution >= 4 is 54.9 Å². The van der Waals surface area contributed by atoms with Gasteiger partial charge < -0.3 is 9.32 Å². The first-order chi connectivity index (χ1) is 16.3. The molecule has 2 nitrogen and oxygen atoms in total. The summed E-state index contributed by atoms with van der Waals surface area (Å²) in [5.74, 6) is 0. The van der Waals surface area contributed by atoms with E-state index in [1.807, 2.05) is 18.2 Å². The van der Waals surface area contributed by atoms with Gasteiger partial charge in [0.15, 0.2) is 5.58 Å². The Balaban J connectivity index is 1.54. The summed E-state index contributed by atoms with van der Waals surface area (Å²) in [5.41, 5.74) is 7.33. The van der Waals surface area contributed by atoms with Crippen molar-refractivity contribution in [2.75, 3.05) is 4.90 Å². The van der Waals surface area contributed by atoms with Crippen LogP contribution in [0.1, 0.15) is 0 Å². The average Bonchev–Trinajstić information content (AvgIpc) is 3.24. The fourth-order valence-corrected chi connectivity index (χ4v) is 4.71. The van der Waals surface area contributed by atoms with Gasteiger partial charge in [-0.05, 0) is 59.7 Å². The maximum absolute atomic E-state index is 6.41. The van der Waals surface area contributed by atoms with Gasteiger partial charge in [-0.25, -0.2) is 0 Å². The van der Waals surface area contributed by atoms with Gasteiger partial charge in [0.25, 0.3) is 0 Å². The van der Waals surface area contributed by atoms with E-state index in [1.54, 1.807) is 0 Å². The Kier molecular flexibility index (Phi) is 4.97. The van der Waals surface area contributed by atoms with Gasteiger partial charge in [-0.1, -0.05) is 88.7 Å². The number of para-hydroxylation sites is 2. The molecule has 3 heteroatoms. The van der Waals surface area contributed by atoms with Crippen molar-refractivity contribution in [2.24, 2.45) is 0 Å². The van der Waals surface area contributed by atoms with Crippen LogP contribution in [-0.2, 0) is 0 Å². The zero-order valence-electron chi connectivity index (χ0n) is 17.8. The standard InChI is InChI=1S/C30H20BrNO/c31-23-16-19-26-27-12-7-13-28(30(27)33-29(26)20-23)32(24-10-5-2-6-11-24)25-17-14-22(15-18-25)21-8-3-1-4-9-21/h1-20H. The number of nitrogens with zero attached hydrogens (tertiary/aromatic N) is 1. The molecular formula is C30H20BrNO. The van der Waals surface area contributed by atoms with E-state index in [0.717, 1.165) is 43.5 Å². The smallest absolute Gasteiger partial charge is 0.159 e. The van der Waals surface area contributed by atoms with Crippen LogP contribution in [0.5, 0.6) is 0 Å². The molecule has 1 heterocycles. The van der Waals surface area contributed by atoms with Gasteiger partial charge >= 0.3 is 0 Å². The molecule has 33 heavy (non-hydrogen) atoms. The van der Waals surface area contributed by atoms with E-state index < -0.39 is 0 Å². The largest absolute Gasteiger partial charge is 0.454 e. The van der Waals surface area contributed by atoms with Gasteiger partial charge in [0.2, 0.25) is 0 Å². The summed E-state index contributed by atoms with van der Waals surface area (Å²) in [4.78, 5) is 2.26. The van der Waals surface area contributed by atoms with Crippen LogP contribution in [0.4, 0.5) is 17.1 Å². The molecule has 0 amide bonds. The minimum absolute atomic E-state index is 0.874. The highest BCUT2D eigenvalue weighted by Crippen LogP contribution is 2.42. The summed E-state index contributed by atoms with van der Waals surface area (Å²) in [6.45, 7) is 0. The molecule has 0 atom stereocenters. The summed E-state index contributed by atoms with van der Waals surface area (Å²) < 4.78 is 7.42. The molecule has 0 radical (unpaired) electrons. The first-order valence-corrected chi connectivity index (χ1v) is 11.7. The summed E-state index contributed by atoms with van der Waals surface area (Å²) >= 11 is 3.57. The van der Waals surface area contributed by atoms with Crippen molar-refractivity contribution in [2.45, 2.75) is 0 Å². The third-order valence-corrected chi connectivity index (χ3v) is 6.42. The normalized spacial score (nSPS) is 11.2. The predicted octanol–water partition coefficient (Wildman–Crippen LogP) is 9.49. The highest BCUT2D eigenvalue weighted by Gasteiger charge is 2.19. The van der Waals surface area contributed by atoms with E-state index in [-0.39, 0.29) is 0 Å². The Morgan fingerprint density at radius 1 is 0.545 bits per heavy atom. The van der Waals surface area contributed by atoms with Gasteiger partial charge in [0.05, 0.1) is 5.69 Å². The topological polar surface area (TPSA) is 16.4 Å². The number of fused-ring (bicyclic) bond motifs is 3. The molecule has 0 fully saturated rings. The van der Waals surface area contributed by atoms with Crippen LogP contribution in [0.25, 0.3) is 33.1 Å². The van der Waals surface area contributed by atoms with Crippen molar-refractivity contribution in [1.82, 2.24) is 0 Å². The highest BCUT2D eigenvalue weighted by molar-refractivity contribution is 9.10. The molecule has 158 valence electrons. The van der Waals surface area contributed by atoms with Crippen molar-refractivity contribution < 1.29 is 4.42 Å². The molecular weight excluding hydrogens is 470 g/mol. The lowest BCUT2D eigenvalue weighted by atomic mass is 10.0. The third-order valence-electron chi connectivity index (χ3n) is 5.93. The third kappa shape index (κ3) is 3.61. The SMILES string of the molecule is Brc1ccc2c(c1)oc1c(N(c3ccccc3)c3ccc(-c4ccccc4)cc3)cccc12. The van der Waals surface area contributed by atoms with Crippen LogP contribution in [0.2, 0.25) is 0 Å². The van der Waals surface area contributed by atoms with Crippen LogP contribution >= 0.6 is 15.9 Å². The van der Waals surface area contributed by atoms with Crippen LogP contribution in [0.15, 0.2) is 130 Å². The Labute approximate surface area is 200 Å². The number of anilines is 3. The number of benzene rings is 5. The summed E-state index contributed by atoms with van der Waals surface area (Å²) in [6, 6.07) is 42.1. The molecule has 0 N–H and O–H groups in total. The zero-order valence-corrected chi connectivity index (χ0v) is 19.4. The van der Waals surface area contributed by atoms with Crippen molar-refractivity contribution in [1.29, 1.82) is 0 Å². The van der Waals surface area contributed by atoms with Crippen LogP contribution in [-0.4, -0.2) is 0 Å². The molecule has 0 aliphatic carbocycles. The van der Waals surface area contributed by atoms with Gasteiger partial charge in [-0.15, -0.1) is 0 Å². The van der Waals surface area contributed by atoms with Crippen LogP contribution in [0.3, 0.4) is 0 Å². The fourth-order valence-electron chi connectivity index (χ4n) is 4.37. The molecule has 0 unspecified atom stereocenters. The van der Waals surface area contributed by atoms with Crippen LogP contribution < -0.4 is 4.90 Å². The van der Waals surface area contributed by atoms with Gasteiger partial charge in [-0.2, -0.15) is 0 Å². The summed E-state index contributed by atoms with van der Waals surface area (Å²) in [5, 5.41) is 2.22. The molecule has 0 aliphatic heterocycles. The summed E-state index contributed by atoms with van der Waals surface area (Å²) in [7, 11) is 0. The molecule has 6 aromatic rings. The fraction of sp³-hybridized carbons (Fsp3) is 0. The Hall–Kier alpha value is -3.82. The lowest BCUT2D eigenvalue weighted by molar-refractivity contribution is 0.669. The predicted molar refractivity (Wildman–Crippen MR) is 142 cm³/mol. The van der Waals surface area contributed by atoms with Gasteiger partial charge in [0.1, 0.15) is 5.58 Å². The first kappa shape index (κ1) is 19.8. The van der Waals surface area contributed by atoms with E-state index >= 15 is 0 Å². The van der Waals surface area contributed by atoms with E-state index in [0.29, 0.717) is 0 Å². The molecule has 5 aromatic carbocycles. The number of halogens is 1. The number of hydrogen-bond acceptors (Lipinski definition) is 2. The van der Waals surface area contributed by atoms with E-state index in [9.17, 15) is 0 Å². The van der Waals surface area contributed by atoms with Gasteiger partial charge in [-0.3, -0.25) is 0 Å². The molecule has 0 saturated heterocycles. The maximum atomic E-state index is 6.41. The molecule has 0 spiro atoms. The molecule has 1 aromatic heterocycles. The molecule has 0 bridgehead atoms. The average molecular weight is 490 g/mol. The van der Waals surface area contributed by atoms with Crippen molar-refractivity contribution in [3.05, 3.63) is 126 Å². The molecule has 0 saturated carbocycles. The minimum atomic E-state index is 0.874. The Morgan fingerprint density at radius 3 is 1.97 bits per heavy atom. The van der Waals surface area contributed by atoms with E-state index in [1.165, 1.54) is 11.1 Å². The quantitative estimate of drug-likeness (QED) is 0.245. The molecule has 0 aliphatic rings. The second kappa shape index (κ2) is 8.27.